The van der Waals surface area contributed by atoms with Crippen molar-refractivity contribution in [3.05, 3.63) is 70.8 Å². The largest absolute Gasteiger partial charge is 0.385 e. The highest BCUT2D eigenvalue weighted by Crippen LogP contribution is 2.58. The van der Waals surface area contributed by atoms with Gasteiger partial charge in [-0.15, -0.1) is 0 Å². The second-order valence-corrected chi connectivity index (χ2v) is 6.19. The third-order valence-corrected chi connectivity index (χ3v) is 4.99. The lowest BCUT2D eigenvalue weighted by atomic mass is 9.80. The van der Waals surface area contributed by atoms with E-state index in [2.05, 4.69) is 29.6 Å². The summed E-state index contributed by atoms with van der Waals surface area (Å²) in [7, 11) is 1.97. The minimum atomic E-state index is -0.586. The van der Waals surface area contributed by atoms with E-state index in [1.807, 2.05) is 31.3 Å². The Hall–Kier alpha value is -1.68. The van der Waals surface area contributed by atoms with Crippen molar-refractivity contribution in [1.82, 2.24) is 5.32 Å². The first-order valence-electron chi connectivity index (χ1n) is 7.97. The number of hydrogen-bond acceptors (Lipinski definition) is 3. The van der Waals surface area contributed by atoms with Gasteiger partial charge >= 0.3 is 0 Å². The zero-order valence-electron chi connectivity index (χ0n) is 12.8. The van der Waals surface area contributed by atoms with Crippen molar-refractivity contribution in [3.8, 4) is 0 Å². The molecule has 2 aromatic carbocycles. The molecule has 0 aliphatic carbocycles. The monoisotopic (exact) mass is 295 g/mol. The summed E-state index contributed by atoms with van der Waals surface area (Å²) in [5.74, 6) is 0. The van der Waals surface area contributed by atoms with E-state index in [9.17, 15) is 5.11 Å². The van der Waals surface area contributed by atoms with Gasteiger partial charge in [0.25, 0.3) is 0 Å². The van der Waals surface area contributed by atoms with Crippen LogP contribution >= 0.6 is 0 Å². The molecule has 2 N–H and O–H groups in total. The van der Waals surface area contributed by atoms with Crippen LogP contribution in [0.25, 0.3) is 0 Å². The standard InChI is InChI=1S/C19H21NO2/c1-20-12-6-11-19-15-9-4-2-7-13(15)17(21)18(22-19)14-8-3-5-10-16(14)19/h2-5,7-10,17-18,20-21H,6,11-12H2,1H3/t17-,18+,19+/m1/s1. The second-order valence-electron chi connectivity index (χ2n) is 6.19. The number of rotatable bonds is 4. The average Bonchev–Trinajstić information content (AvgIpc) is 2.87. The van der Waals surface area contributed by atoms with Crippen molar-refractivity contribution >= 4 is 0 Å². The van der Waals surface area contributed by atoms with E-state index < -0.39 is 11.7 Å². The predicted octanol–water partition coefficient (Wildman–Crippen LogP) is 3.05. The number of ether oxygens (including phenoxy) is 1. The normalized spacial score (nSPS) is 28.3. The van der Waals surface area contributed by atoms with E-state index in [0.717, 1.165) is 36.1 Å². The minimum absolute atomic E-state index is 0.249. The van der Waals surface area contributed by atoms with Crippen LogP contribution in [0.1, 0.15) is 47.3 Å². The topological polar surface area (TPSA) is 41.5 Å². The molecule has 114 valence electrons. The summed E-state index contributed by atoms with van der Waals surface area (Å²) in [5, 5.41) is 14.0. The molecule has 0 radical (unpaired) electrons. The van der Waals surface area contributed by atoms with Crippen molar-refractivity contribution in [2.75, 3.05) is 13.6 Å². The Bertz CT molecular complexity index is 699. The zero-order chi connectivity index (χ0) is 15.2. The maximum absolute atomic E-state index is 10.7. The average molecular weight is 295 g/mol. The zero-order valence-corrected chi connectivity index (χ0v) is 12.8. The van der Waals surface area contributed by atoms with Crippen LogP contribution in [0.5, 0.6) is 0 Å². The van der Waals surface area contributed by atoms with Crippen molar-refractivity contribution in [3.63, 3.8) is 0 Å². The fourth-order valence-corrected chi connectivity index (χ4v) is 4.03. The highest BCUT2D eigenvalue weighted by atomic mass is 16.5. The molecule has 0 spiro atoms. The van der Waals surface area contributed by atoms with Crippen LogP contribution in [0.15, 0.2) is 48.5 Å². The van der Waals surface area contributed by atoms with Crippen LogP contribution in [0.3, 0.4) is 0 Å². The molecule has 2 aliphatic rings. The van der Waals surface area contributed by atoms with Crippen molar-refractivity contribution in [1.29, 1.82) is 0 Å². The summed E-state index contributed by atoms with van der Waals surface area (Å²) in [5.41, 5.74) is 4.09. The SMILES string of the molecule is CNCCC[C@@]12O[C@@H](c3ccccc31)[C@H](O)c1ccccc12. The Labute approximate surface area is 130 Å². The fourth-order valence-electron chi connectivity index (χ4n) is 4.03. The quantitative estimate of drug-likeness (QED) is 0.852. The second kappa shape index (κ2) is 5.20. The molecule has 0 unspecified atom stereocenters. The van der Waals surface area contributed by atoms with Gasteiger partial charge in [-0.3, -0.25) is 0 Å². The number of fused-ring (bicyclic) bond motifs is 7. The molecule has 0 amide bonds. The summed E-state index contributed by atoms with van der Waals surface area (Å²) < 4.78 is 6.46. The maximum Gasteiger partial charge on any atom is 0.120 e. The van der Waals surface area contributed by atoms with Gasteiger partial charge in [0, 0.05) is 0 Å². The van der Waals surface area contributed by atoms with Gasteiger partial charge in [-0.2, -0.15) is 0 Å². The van der Waals surface area contributed by atoms with Gasteiger partial charge in [0.05, 0.1) is 0 Å². The van der Waals surface area contributed by atoms with Crippen LogP contribution < -0.4 is 5.32 Å². The number of benzene rings is 2. The smallest absolute Gasteiger partial charge is 0.120 e. The van der Waals surface area contributed by atoms with Gasteiger partial charge in [-0.05, 0) is 48.7 Å². The summed E-state index contributed by atoms with van der Waals surface area (Å²) in [6.07, 6.45) is 1.12. The van der Waals surface area contributed by atoms with Crippen LogP contribution in [0, 0.1) is 0 Å². The number of aliphatic hydroxyl groups excluding tert-OH is 1. The molecule has 22 heavy (non-hydrogen) atoms. The van der Waals surface area contributed by atoms with Crippen LogP contribution in [0.4, 0.5) is 0 Å². The molecule has 0 saturated heterocycles. The lowest BCUT2D eigenvalue weighted by Crippen LogP contribution is -2.34. The van der Waals surface area contributed by atoms with Crippen LogP contribution in [0.2, 0.25) is 0 Å². The Morgan fingerprint density at radius 2 is 1.68 bits per heavy atom. The molecule has 3 nitrogen and oxygen atoms in total. The molecule has 3 atom stereocenters. The number of aliphatic hydroxyl groups is 1. The Balaban J connectivity index is 1.90. The van der Waals surface area contributed by atoms with E-state index in [4.69, 9.17) is 4.74 Å². The van der Waals surface area contributed by atoms with Crippen LogP contribution in [-0.4, -0.2) is 18.7 Å². The Morgan fingerprint density at radius 1 is 1.05 bits per heavy atom. The van der Waals surface area contributed by atoms with Gasteiger partial charge in [-0.1, -0.05) is 48.5 Å². The van der Waals surface area contributed by atoms with E-state index >= 15 is 0 Å². The first-order valence-corrected chi connectivity index (χ1v) is 7.97. The summed E-state index contributed by atoms with van der Waals surface area (Å²) in [6, 6.07) is 16.5. The molecule has 2 aromatic rings. The van der Waals surface area contributed by atoms with E-state index in [1.54, 1.807) is 0 Å². The van der Waals surface area contributed by atoms with Gasteiger partial charge in [0.2, 0.25) is 0 Å². The van der Waals surface area contributed by atoms with E-state index in [0.29, 0.717) is 0 Å². The van der Waals surface area contributed by atoms with Crippen molar-refractivity contribution in [2.45, 2.75) is 30.7 Å². The molecule has 3 heteroatoms. The summed E-state index contributed by atoms with van der Waals surface area (Å²) in [4.78, 5) is 0. The first kappa shape index (κ1) is 13.9. The Morgan fingerprint density at radius 3 is 2.41 bits per heavy atom. The molecule has 0 fully saturated rings. The van der Waals surface area contributed by atoms with Crippen molar-refractivity contribution < 1.29 is 9.84 Å². The molecule has 2 aliphatic heterocycles. The third-order valence-electron chi connectivity index (χ3n) is 4.99. The lowest BCUT2D eigenvalue weighted by Gasteiger charge is -2.39. The van der Waals surface area contributed by atoms with E-state index in [1.165, 1.54) is 5.56 Å². The maximum atomic E-state index is 10.7. The molecular weight excluding hydrogens is 274 g/mol. The lowest BCUT2D eigenvalue weighted by molar-refractivity contribution is -0.123. The molecule has 2 heterocycles. The molecule has 4 rings (SSSR count). The van der Waals surface area contributed by atoms with Gasteiger partial charge < -0.3 is 15.2 Å². The first-order chi connectivity index (χ1) is 10.8. The number of nitrogens with one attached hydrogen (secondary N) is 1. The van der Waals surface area contributed by atoms with Crippen molar-refractivity contribution in [2.24, 2.45) is 0 Å². The minimum Gasteiger partial charge on any atom is -0.385 e. The molecular formula is C19H21NO2. The summed E-state index contributed by atoms with van der Waals surface area (Å²) in [6.45, 7) is 0.961. The Kier molecular flexibility index (Phi) is 3.30. The summed E-state index contributed by atoms with van der Waals surface area (Å²) >= 11 is 0. The highest BCUT2D eigenvalue weighted by Gasteiger charge is 2.53. The number of hydrogen-bond donors (Lipinski definition) is 2. The molecule has 2 bridgehead atoms. The molecule has 0 saturated carbocycles. The van der Waals surface area contributed by atoms with Gasteiger partial charge in [0.15, 0.2) is 0 Å². The van der Waals surface area contributed by atoms with Gasteiger partial charge in [0.1, 0.15) is 17.8 Å². The van der Waals surface area contributed by atoms with Gasteiger partial charge in [-0.25, -0.2) is 0 Å². The van der Waals surface area contributed by atoms with E-state index in [-0.39, 0.29) is 6.10 Å². The highest BCUT2D eigenvalue weighted by molar-refractivity contribution is 5.53. The third kappa shape index (κ3) is 1.80. The predicted molar refractivity (Wildman–Crippen MR) is 85.6 cm³/mol. The fraction of sp³-hybridized carbons (Fsp3) is 0.368. The molecule has 0 aromatic heterocycles. The van der Waals surface area contributed by atoms with Crippen LogP contribution in [-0.2, 0) is 10.3 Å².